The van der Waals surface area contributed by atoms with Crippen LogP contribution in [0.1, 0.15) is 53.4 Å². The van der Waals surface area contributed by atoms with Gasteiger partial charge in [-0.05, 0) is 37.1 Å². The number of nitrogens with one attached hydrogen (secondary N) is 2. The van der Waals surface area contributed by atoms with Crippen LogP contribution in [0.4, 0.5) is 0 Å². The molecule has 100 valence electrons. The van der Waals surface area contributed by atoms with E-state index in [0.717, 1.165) is 25.9 Å². The van der Waals surface area contributed by atoms with E-state index in [-0.39, 0.29) is 17.4 Å². The molecule has 1 amide bonds. The van der Waals surface area contributed by atoms with Crippen LogP contribution >= 0.6 is 0 Å². The van der Waals surface area contributed by atoms with Crippen molar-refractivity contribution >= 4 is 5.91 Å². The van der Waals surface area contributed by atoms with Gasteiger partial charge in [-0.2, -0.15) is 0 Å². The maximum atomic E-state index is 12.0. The van der Waals surface area contributed by atoms with Crippen LogP contribution in [0, 0.1) is 11.3 Å². The minimum Gasteiger partial charge on any atom is -0.354 e. The average molecular weight is 240 g/mol. The molecule has 0 aromatic rings. The molecule has 1 unspecified atom stereocenters. The first kappa shape index (κ1) is 14.5. The van der Waals surface area contributed by atoms with Crippen molar-refractivity contribution in [2.24, 2.45) is 11.3 Å². The summed E-state index contributed by atoms with van der Waals surface area (Å²) in [6.45, 7) is 10.7. The fourth-order valence-electron chi connectivity index (χ4n) is 2.70. The van der Waals surface area contributed by atoms with E-state index in [1.807, 2.05) is 0 Å². The Morgan fingerprint density at radius 1 is 1.41 bits per heavy atom. The van der Waals surface area contributed by atoms with Gasteiger partial charge in [-0.3, -0.25) is 4.79 Å². The summed E-state index contributed by atoms with van der Waals surface area (Å²) in [4.78, 5) is 12.0. The third-order valence-corrected chi connectivity index (χ3v) is 3.33. The summed E-state index contributed by atoms with van der Waals surface area (Å²) < 4.78 is 0. The maximum absolute atomic E-state index is 12.0. The minimum absolute atomic E-state index is 0.0404. The summed E-state index contributed by atoms with van der Waals surface area (Å²) in [7, 11) is 0. The summed E-state index contributed by atoms with van der Waals surface area (Å²) in [5.41, 5.74) is 0.193. The van der Waals surface area contributed by atoms with Gasteiger partial charge in [0, 0.05) is 6.54 Å². The van der Waals surface area contributed by atoms with Crippen LogP contribution in [-0.4, -0.2) is 25.0 Å². The van der Waals surface area contributed by atoms with Crippen molar-refractivity contribution in [3.63, 3.8) is 0 Å². The molecule has 1 saturated heterocycles. The van der Waals surface area contributed by atoms with E-state index in [1.54, 1.807) is 0 Å². The van der Waals surface area contributed by atoms with E-state index >= 15 is 0 Å². The quantitative estimate of drug-likeness (QED) is 0.774. The molecule has 17 heavy (non-hydrogen) atoms. The van der Waals surface area contributed by atoms with Crippen molar-refractivity contribution in [2.75, 3.05) is 13.1 Å². The molecule has 1 atom stereocenters. The van der Waals surface area contributed by atoms with Crippen LogP contribution in [-0.2, 0) is 4.79 Å². The van der Waals surface area contributed by atoms with Crippen LogP contribution in [0.25, 0.3) is 0 Å². The van der Waals surface area contributed by atoms with Crippen molar-refractivity contribution in [1.29, 1.82) is 0 Å². The van der Waals surface area contributed by atoms with Gasteiger partial charge in [0.25, 0.3) is 0 Å². The average Bonchev–Trinajstić information content (AvgIpc) is 2.25. The van der Waals surface area contributed by atoms with Crippen LogP contribution in [0.3, 0.4) is 0 Å². The van der Waals surface area contributed by atoms with Gasteiger partial charge >= 0.3 is 0 Å². The molecule has 1 aliphatic heterocycles. The Labute approximate surface area is 106 Å². The van der Waals surface area contributed by atoms with Gasteiger partial charge in [0.2, 0.25) is 5.91 Å². The molecular formula is C14H28N2O. The van der Waals surface area contributed by atoms with Crippen LogP contribution in [0.5, 0.6) is 0 Å². The number of hydrogen-bond acceptors (Lipinski definition) is 2. The van der Waals surface area contributed by atoms with E-state index in [4.69, 9.17) is 0 Å². The van der Waals surface area contributed by atoms with Crippen LogP contribution < -0.4 is 10.6 Å². The number of hydrogen-bond donors (Lipinski definition) is 2. The zero-order chi connectivity index (χ0) is 12.9. The third-order valence-electron chi connectivity index (χ3n) is 3.33. The molecule has 0 radical (unpaired) electrons. The van der Waals surface area contributed by atoms with Crippen molar-refractivity contribution in [3.05, 3.63) is 0 Å². The molecule has 1 heterocycles. The Morgan fingerprint density at radius 2 is 2.12 bits per heavy atom. The second kappa shape index (κ2) is 6.39. The minimum atomic E-state index is 0.0404. The molecule has 0 aromatic carbocycles. The van der Waals surface area contributed by atoms with Gasteiger partial charge in [-0.15, -0.1) is 0 Å². The number of piperidine rings is 1. The molecule has 0 spiro atoms. The van der Waals surface area contributed by atoms with Gasteiger partial charge in [-0.25, -0.2) is 0 Å². The molecule has 2 N–H and O–H groups in total. The molecular weight excluding hydrogens is 212 g/mol. The van der Waals surface area contributed by atoms with E-state index < -0.39 is 0 Å². The Morgan fingerprint density at radius 3 is 2.65 bits per heavy atom. The zero-order valence-electron chi connectivity index (χ0n) is 11.8. The molecule has 3 nitrogen and oxygen atoms in total. The van der Waals surface area contributed by atoms with Crippen molar-refractivity contribution in [3.8, 4) is 0 Å². The summed E-state index contributed by atoms with van der Waals surface area (Å²) in [5.74, 6) is 0.858. The Bertz CT molecular complexity index is 243. The normalized spacial score (nSPS) is 21.6. The number of carbonyl (C=O) groups is 1. The Kier molecular flexibility index (Phi) is 5.44. The predicted octanol–water partition coefficient (Wildman–Crippen LogP) is 2.32. The fourth-order valence-corrected chi connectivity index (χ4v) is 2.70. The molecule has 0 aromatic heterocycles. The fraction of sp³-hybridized carbons (Fsp3) is 0.929. The third kappa shape index (κ3) is 5.53. The van der Waals surface area contributed by atoms with Crippen LogP contribution in [0.2, 0.25) is 0 Å². The second-order valence-corrected chi connectivity index (χ2v) is 6.48. The lowest BCUT2D eigenvalue weighted by molar-refractivity contribution is -0.124. The van der Waals surface area contributed by atoms with E-state index in [2.05, 4.69) is 38.3 Å². The van der Waals surface area contributed by atoms with Gasteiger partial charge in [-0.1, -0.05) is 34.1 Å². The first-order valence-corrected chi connectivity index (χ1v) is 6.92. The van der Waals surface area contributed by atoms with Crippen molar-refractivity contribution in [1.82, 2.24) is 10.6 Å². The smallest absolute Gasteiger partial charge is 0.237 e. The molecule has 1 aliphatic rings. The predicted molar refractivity (Wildman–Crippen MR) is 71.9 cm³/mol. The van der Waals surface area contributed by atoms with Gasteiger partial charge in [0.1, 0.15) is 0 Å². The monoisotopic (exact) mass is 240 g/mol. The van der Waals surface area contributed by atoms with Crippen molar-refractivity contribution in [2.45, 2.75) is 59.4 Å². The molecule has 0 saturated carbocycles. The molecule has 0 bridgehead atoms. The standard InChI is InChI=1S/C14H28N2O/c1-11(2)9-14(3,4)10-16-13(17)12-7-5-6-8-15-12/h11-12,15H,5-10H2,1-4H3,(H,16,17). The lowest BCUT2D eigenvalue weighted by Crippen LogP contribution is -2.48. The first-order chi connectivity index (χ1) is 7.91. The van der Waals surface area contributed by atoms with E-state index in [0.29, 0.717) is 5.92 Å². The van der Waals surface area contributed by atoms with Gasteiger partial charge < -0.3 is 10.6 Å². The lowest BCUT2D eigenvalue weighted by atomic mass is 9.84. The molecule has 1 rings (SSSR count). The summed E-state index contributed by atoms with van der Waals surface area (Å²) in [6.07, 6.45) is 4.49. The number of rotatable bonds is 5. The van der Waals surface area contributed by atoms with Gasteiger partial charge in [0.05, 0.1) is 6.04 Å². The highest BCUT2D eigenvalue weighted by Gasteiger charge is 2.24. The topological polar surface area (TPSA) is 41.1 Å². The Balaban J connectivity index is 2.31. The number of amides is 1. The zero-order valence-corrected chi connectivity index (χ0v) is 11.8. The SMILES string of the molecule is CC(C)CC(C)(C)CNC(=O)C1CCCCN1. The lowest BCUT2D eigenvalue weighted by Gasteiger charge is -2.29. The number of carbonyl (C=O) groups excluding carboxylic acids is 1. The maximum Gasteiger partial charge on any atom is 0.237 e. The van der Waals surface area contributed by atoms with E-state index in [9.17, 15) is 4.79 Å². The van der Waals surface area contributed by atoms with Gasteiger partial charge in [0.15, 0.2) is 0 Å². The first-order valence-electron chi connectivity index (χ1n) is 6.92. The molecule has 0 aliphatic carbocycles. The summed E-state index contributed by atoms with van der Waals surface area (Å²) in [5, 5.41) is 6.38. The highest BCUT2D eigenvalue weighted by molar-refractivity contribution is 5.81. The van der Waals surface area contributed by atoms with E-state index in [1.165, 1.54) is 12.8 Å². The second-order valence-electron chi connectivity index (χ2n) is 6.48. The molecule has 3 heteroatoms. The Hall–Kier alpha value is -0.570. The highest BCUT2D eigenvalue weighted by Crippen LogP contribution is 2.24. The van der Waals surface area contributed by atoms with Crippen molar-refractivity contribution < 1.29 is 4.79 Å². The summed E-state index contributed by atoms with van der Waals surface area (Å²) >= 11 is 0. The highest BCUT2D eigenvalue weighted by atomic mass is 16.2. The largest absolute Gasteiger partial charge is 0.354 e. The molecule has 1 fully saturated rings. The van der Waals surface area contributed by atoms with Crippen LogP contribution in [0.15, 0.2) is 0 Å². The summed E-state index contributed by atoms with van der Waals surface area (Å²) in [6, 6.07) is 0.0404.